The van der Waals surface area contributed by atoms with Crippen LogP contribution in [0.4, 0.5) is 0 Å². The fraction of sp³-hybridized carbons (Fsp3) is 0.250. The first kappa shape index (κ1) is 10.6. The monoisotopic (exact) mass is 248 g/mol. The molecule has 2 N–H and O–H groups in total. The molecule has 2 aromatic rings. The van der Waals surface area contributed by atoms with Gasteiger partial charge >= 0.3 is 0 Å². The van der Waals surface area contributed by atoms with Crippen LogP contribution in [0, 0.1) is 0 Å². The smallest absolute Gasteiger partial charge is 0.231 e. The van der Waals surface area contributed by atoms with Crippen molar-refractivity contribution >= 4 is 11.3 Å². The molecule has 1 aliphatic rings. The van der Waals surface area contributed by atoms with Crippen molar-refractivity contribution in [3.05, 3.63) is 40.3 Å². The summed E-state index contributed by atoms with van der Waals surface area (Å²) in [5.41, 5.74) is 7.20. The van der Waals surface area contributed by atoms with Gasteiger partial charge < -0.3 is 15.2 Å². The molecule has 88 valence electrons. The van der Waals surface area contributed by atoms with Crippen LogP contribution in [0.5, 0.6) is 11.5 Å². The summed E-state index contributed by atoms with van der Waals surface area (Å²) in [5.74, 6) is 1.56. The number of nitrogens with zero attached hydrogens (tertiary/aromatic N) is 1. The van der Waals surface area contributed by atoms with E-state index in [-0.39, 0.29) is 6.04 Å². The highest BCUT2D eigenvalue weighted by atomic mass is 32.1. The second kappa shape index (κ2) is 4.35. The lowest BCUT2D eigenvalue weighted by molar-refractivity contribution is 0.174. The van der Waals surface area contributed by atoms with Crippen LogP contribution in [-0.2, 0) is 6.42 Å². The zero-order chi connectivity index (χ0) is 11.7. The van der Waals surface area contributed by atoms with Gasteiger partial charge in [0, 0.05) is 24.0 Å². The summed E-state index contributed by atoms with van der Waals surface area (Å²) in [5, 5.41) is 3.01. The first-order valence-electron chi connectivity index (χ1n) is 5.36. The minimum absolute atomic E-state index is 0.0596. The minimum atomic E-state index is -0.0596. The summed E-state index contributed by atoms with van der Waals surface area (Å²) in [4.78, 5) is 4.24. The second-order valence-corrected chi connectivity index (χ2v) is 4.83. The lowest BCUT2D eigenvalue weighted by Crippen LogP contribution is -2.13. The summed E-state index contributed by atoms with van der Waals surface area (Å²) in [6.07, 6.45) is 2.55. The Bertz CT molecular complexity index is 513. The van der Waals surface area contributed by atoms with Crippen LogP contribution in [0.15, 0.2) is 29.8 Å². The first-order valence-corrected chi connectivity index (χ1v) is 6.24. The number of hydrogen-bond donors (Lipinski definition) is 1. The van der Waals surface area contributed by atoms with Crippen LogP contribution in [0.2, 0.25) is 0 Å². The first-order chi connectivity index (χ1) is 8.33. The predicted octanol–water partition coefficient (Wildman–Crippen LogP) is 2.11. The van der Waals surface area contributed by atoms with Crippen molar-refractivity contribution in [2.75, 3.05) is 6.79 Å². The van der Waals surface area contributed by atoms with Crippen molar-refractivity contribution < 1.29 is 9.47 Å². The topological polar surface area (TPSA) is 57.4 Å². The van der Waals surface area contributed by atoms with E-state index in [0.717, 1.165) is 28.5 Å². The summed E-state index contributed by atoms with van der Waals surface area (Å²) >= 11 is 1.62. The molecule has 1 unspecified atom stereocenters. The molecule has 1 aromatic heterocycles. The molecule has 1 aliphatic heterocycles. The van der Waals surface area contributed by atoms with Gasteiger partial charge in [0.1, 0.15) is 0 Å². The molecule has 5 heteroatoms. The van der Waals surface area contributed by atoms with Crippen LogP contribution >= 0.6 is 11.3 Å². The molecule has 0 bridgehead atoms. The fourth-order valence-electron chi connectivity index (χ4n) is 1.80. The van der Waals surface area contributed by atoms with E-state index >= 15 is 0 Å². The molecule has 4 nitrogen and oxygen atoms in total. The van der Waals surface area contributed by atoms with E-state index in [1.165, 1.54) is 0 Å². The molecule has 0 fully saturated rings. The van der Waals surface area contributed by atoms with Gasteiger partial charge in [0.25, 0.3) is 0 Å². The molecule has 0 radical (unpaired) electrons. The van der Waals surface area contributed by atoms with E-state index in [2.05, 4.69) is 4.98 Å². The SMILES string of the molecule is NC(Cc1nccs1)c1ccc2c(c1)OCO2. The Balaban J connectivity index is 1.79. The van der Waals surface area contributed by atoms with Gasteiger partial charge in [-0.1, -0.05) is 6.07 Å². The summed E-state index contributed by atoms with van der Waals surface area (Å²) in [6, 6.07) is 5.77. The molecule has 3 rings (SSSR count). The molecular weight excluding hydrogens is 236 g/mol. The number of rotatable bonds is 3. The maximum atomic E-state index is 6.15. The van der Waals surface area contributed by atoms with Gasteiger partial charge in [-0.3, -0.25) is 0 Å². The molecule has 2 heterocycles. The highest BCUT2D eigenvalue weighted by Gasteiger charge is 2.16. The van der Waals surface area contributed by atoms with Crippen molar-refractivity contribution in [3.8, 4) is 11.5 Å². The average Bonchev–Trinajstić information content (AvgIpc) is 2.97. The standard InChI is InChI=1S/C12H12N2O2S/c13-9(6-12-14-3-4-17-12)8-1-2-10-11(5-8)16-7-15-10/h1-5,9H,6-7,13H2. The number of nitrogens with two attached hydrogens (primary N) is 1. The molecule has 0 saturated heterocycles. The number of aromatic nitrogens is 1. The van der Waals surface area contributed by atoms with Gasteiger partial charge in [0.15, 0.2) is 11.5 Å². The molecule has 0 amide bonds. The molecule has 1 atom stereocenters. The van der Waals surface area contributed by atoms with E-state index in [9.17, 15) is 0 Å². The molecule has 0 saturated carbocycles. The van der Waals surface area contributed by atoms with E-state index in [4.69, 9.17) is 15.2 Å². The molecular formula is C12H12N2O2S. The van der Waals surface area contributed by atoms with Crippen LogP contribution in [0.1, 0.15) is 16.6 Å². The number of ether oxygens (including phenoxy) is 2. The quantitative estimate of drug-likeness (QED) is 0.903. The Kier molecular flexibility index (Phi) is 2.70. The van der Waals surface area contributed by atoms with Crippen LogP contribution in [0.25, 0.3) is 0 Å². The molecule has 0 aliphatic carbocycles. The number of hydrogen-bond acceptors (Lipinski definition) is 5. The largest absolute Gasteiger partial charge is 0.454 e. The maximum Gasteiger partial charge on any atom is 0.231 e. The van der Waals surface area contributed by atoms with E-state index in [1.54, 1.807) is 17.5 Å². The van der Waals surface area contributed by atoms with Crippen LogP contribution in [-0.4, -0.2) is 11.8 Å². The predicted molar refractivity (Wildman–Crippen MR) is 65.3 cm³/mol. The Morgan fingerprint density at radius 3 is 3.06 bits per heavy atom. The third-order valence-corrected chi connectivity index (χ3v) is 3.50. The van der Waals surface area contributed by atoms with Gasteiger partial charge in [-0.05, 0) is 17.7 Å². The van der Waals surface area contributed by atoms with E-state index in [0.29, 0.717) is 6.79 Å². The summed E-state index contributed by atoms with van der Waals surface area (Å²) < 4.78 is 10.6. The summed E-state index contributed by atoms with van der Waals surface area (Å²) in [6.45, 7) is 0.292. The second-order valence-electron chi connectivity index (χ2n) is 3.85. The van der Waals surface area contributed by atoms with Crippen molar-refractivity contribution in [2.45, 2.75) is 12.5 Å². The van der Waals surface area contributed by atoms with E-state index < -0.39 is 0 Å². The Labute approximate surface area is 103 Å². The van der Waals surface area contributed by atoms with Gasteiger partial charge in [0.2, 0.25) is 6.79 Å². The Morgan fingerprint density at radius 2 is 2.24 bits per heavy atom. The van der Waals surface area contributed by atoms with Gasteiger partial charge in [-0.2, -0.15) is 0 Å². The van der Waals surface area contributed by atoms with Gasteiger partial charge in [-0.15, -0.1) is 11.3 Å². The lowest BCUT2D eigenvalue weighted by Gasteiger charge is -2.10. The average molecular weight is 248 g/mol. The highest BCUT2D eigenvalue weighted by Crippen LogP contribution is 2.34. The number of benzene rings is 1. The highest BCUT2D eigenvalue weighted by molar-refractivity contribution is 7.09. The Hall–Kier alpha value is -1.59. The van der Waals surface area contributed by atoms with E-state index in [1.807, 2.05) is 23.6 Å². The normalized spacial score (nSPS) is 14.9. The maximum absolute atomic E-state index is 6.15. The zero-order valence-corrected chi connectivity index (χ0v) is 9.94. The lowest BCUT2D eigenvalue weighted by atomic mass is 10.0. The van der Waals surface area contributed by atoms with Crippen molar-refractivity contribution in [2.24, 2.45) is 5.73 Å². The zero-order valence-electron chi connectivity index (χ0n) is 9.13. The van der Waals surface area contributed by atoms with Crippen molar-refractivity contribution in [1.29, 1.82) is 0 Å². The van der Waals surface area contributed by atoms with Gasteiger partial charge in [0.05, 0.1) is 5.01 Å². The van der Waals surface area contributed by atoms with Crippen LogP contribution < -0.4 is 15.2 Å². The third-order valence-electron chi connectivity index (χ3n) is 2.70. The summed E-state index contributed by atoms with van der Waals surface area (Å²) in [7, 11) is 0. The molecule has 17 heavy (non-hydrogen) atoms. The fourth-order valence-corrected chi connectivity index (χ4v) is 2.48. The van der Waals surface area contributed by atoms with Crippen molar-refractivity contribution in [3.63, 3.8) is 0 Å². The molecule has 1 aromatic carbocycles. The minimum Gasteiger partial charge on any atom is -0.454 e. The third kappa shape index (κ3) is 2.11. The van der Waals surface area contributed by atoms with Crippen molar-refractivity contribution in [1.82, 2.24) is 4.98 Å². The Morgan fingerprint density at radius 1 is 1.35 bits per heavy atom. The number of fused-ring (bicyclic) bond motifs is 1. The molecule has 0 spiro atoms. The van der Waals surface area contributed by atoms with Crippen LogP contribution in [0.3, 0.4) is 0 Å². The number of thiazole rings is 1. The van der Waals surface area contributed by atoms with Gasteiger partial charge in [-0.25, -0.2) is 4.98 Å².